The predicted octanol–water partition coefficient (Wildman–Crippen LogP) is 5.44. The molecule has 5 rings (SSSR count). The third kappa shape index (κ3) is 1.92. The summed E-state index contributed by atoms with van der Waals surface area (Å²) in [6, 6.07) is 16.7. The summed E-state index contributed by atoms with van der Waals surface area (Å²) >= 11 is 1.73. The number of aromatic nitrogens is 3. The van der Waals surface area contributed by atoms with Crippen LogP contribution in [0, 0.1) is 0 Å². The van der Waals surface area contributed by atoms with E-state index in [4.69, 9.17) is 0 Å². The van der Waals surface area contributed by atoms with Gasteiger partial charge in [-0.15, -0.1) is 11.3 Å². The topological polar surface area (TPSA) is 44.5 Å². The molecule has 4 heteroatoms. The van der Waals surface area contributed by atoms with Gasteiger partial charge in [0.05, 0.1) is 4.88 Å². The van der Waals surface area contributed by atoms with Crippen molar-refractivity contribution < 1.29 is 0 Å². The van der Waals surface area contributed by atoms with Gasteiger partial charge in [0.15, 0.2) is 0 Å². The van der Waals surface area contributed by atoms with E-state index in [1.165, 1.54) is 21.2 Å². The first-order chi connectivity index (χ1) is 11.4. The summed E-state index contributed by atoms with van der Waals surface area (Å²) in [4.78, 5) is 12.5. The van der Waals surface area contributed by atoms with E-state index < -0.39 is 0 Å². The minimum Gasteiger partial charge on any atom is -0.361 e. The zero-order valence-electron chi connectivity index (χ0n) is 12.2. The SMILES string of the molecule is c1ccc2c(-c3cnc(-c4c[nH]c5ccccc45)s3)c[nH]c2c1. The highest BCUT2D eigenvalue weighted by molar-refractivity contribution is 7.18. The largest absolute Gasteiger partial charge is 0.361 e. The highest BCUT2D eigenvalue weighted by Gasteiger charge is 2.13. The van der Waals surface area contributed by atoms with E-state index in [-0.39, 0.29) is 0 Å². The van der Waals surface area contributed by atoms with E-state index in [2.05, 4.69) is 57.5 Å². The minimum atomic E-state index is 1.04. The van der Waals surface area contributed by atoms with Crippen molar-refractivity contribution in [2.24, 2.45) is 0 Å². The van der Waals surface area contributed by atoms with Crippen molar-refractivity contribution in [3.63, 3.8) is 0 Å². The molecule has 2 aromatic carbocycles. The van der Waals surface area contributed by atoms with E-state index in [0.29, 0.717) is 0 Å². The quantitative estimate of drug-likeness (QED) is 0.447. The van der Waals surface area contributed by atoms with Crippen molar-refractivity contribution in [3.8, 4) is 21.0 Å². The molecule has 0 atom stereocenters. The molecule has 5 aromatic rings. The van der Waals surface area contributed by atoms with Gasteiger partial charge in [0.1, 0.15) is 5.01 Å². The number of benzene rings is 2. The van der Waals surface area contributed by atoms with E-state index in [1.807, 2.05) is 24.5 Å². The van der Waals surface area contributed by atoms with E-state index in [1.54, 1.807) is 11.3 Å². The Bertz CT molecular complexity index is 1040. The summed E-state index contributed by atoms with van der Waals surface area (Å²) in [5, 5.41) is 3.50. The summed E-state index contributed by atoms with van der Waals surface area (Å²) in [6.45, 7) is 0. The molecule has 0 aliphatic rings. The molecule has 0 aliphatic heterocycles. The normalized spacial score (nSPS) is 11.5. The summed E-state index contributed by atoms with van der Waals surface area (Å²) in [5.74, 6) is 0. The number of nitrogens with one attached hydrogen (secondary N) is 2. The molecule has 3 nitrogen and oxygen atoms in total. The number of aromatic amines is 2. The van der Waals surface area contributed by atoms with Gasteiger partial charge in [-0.05, 0) is 12.1 Å². The second kappa shape index (κ2) is 4.83. The second-order valence-corrected chi connectivity index (χ2v) is 6.56. The molecule has 0 spiro atoms. The predicted molar refractivity (Wildman–Crippen MR) is 96.7 cm³/mol. The lowest BCUT2D eigenvalue weighted by molar-refractivity contribution is 1.41. The van der Waals surface area contributed by atoms with Gasteiger partial charge >= 0.3 is 0 Å². The lowest BCUT2D eigenvalue weighted by atomic mass is 10.1. The highest BCUT2D eigenvalue weighted by atomic mass is 32.1. The number of hydrogen-bond donors (Lipinski definition) is 2. The minimum absolute atomic E-state index is 1.04. The Morgan fingerprint density at radius 1 is 0.739 bits per heavy atom. The number of H-pyrrole nitrogens is 2. The van der Waals surface area contributed by atoms with Crippen molar-refractivity contribution in [1.82, 2.24) is 15.0 Å². The lowest BCUT2D eigenvalue weighted by Crippen LogP contribution is -1.70. The maximum absolute atomic E-state index is 4.66. The maximum atomic E-state index is 4.66. The van der Waals surface area contributed by atoms with Gasteiger partial charge in [-0.3, -0.25) is 0 Å². The highest BCUT2D eigenvalue weighted by Crippen LogP contribution is 2.37. The van der Waals surface area contributed by atoms with Crippen LogP contribution in [0.4, 0.5) is 0 Å². The first-order valence-electron chi connectivity index (χ1n) is 7.49. The Kier molecular flexibility index (Phi) is 2.66. The lowest BCUT2D eigenvalue weighted by Gasteiger charge is -1.94. The number of hydrogen-bond acceptors (Lipinski definition) is 2. The first kappa shape index (κ1) is 12.7. The van der Waals surface area contributed by atoms with Crippen LogP contribution in [0.5, 0.6) is 0 Å². The van der Waals surface area contributed by atoms with Crippen LogP contribution in [0.2, 0.25) is 0 Å². The van der Waals surface area contributed by atoms with Gasteiger partial charge in [0, 0.05) is 51.5 Å². The zero-order chi connectivity index (χ0) is 15.2. The van der Waals surface area contributed by atoms with Crippen molar-refractivity contribution in [2.75, 3.05) is 0 Å². The molecule has 0 amide bonds. The van der Waals surface area contributed by atoms with Crippen LogP contribution in [0.1, 0.15) is 0 Å². The van der Waals surface area contributed by atoms with Crippen LogP contribution in [-0.4, -0.2) is 15.0 Å². The molecule has 3 aromatic heterocycles. The Balaban J connectivity index is 1.66. The Hall–Kier alpha value is -2.85. The van der Waals surface area contributed by atoms with Crippen LogP contribution >= 0.6 is 11.3 Å². The van der Waals surface area contributed by atoms with Gasteiger partial charge < -0.3 is 9.97 Å². The van der Waals surface area contributed by atoms with Gasteiger partial charge in [0.25, 0.3) is 0 Å². The third-order valence-electron chi connectivity index (χ3n) is 4.18. The van der Waals surface area contributed by atoms with E-state index in [9.17, 15) is 0 Å². The van der Waals surface area contributed by atoms with Gasteiger partial charge in [-0.25, -0.2) is 4.98 Å². The van der Waals surface area contributed by atoms with Gasteiger partial charge in [-0.2, -0.15) is 0 Å². The molecule has 0 saturated heterocycles. The van der Waals surface area contributed by atoms with Gasteiger partial charge in [0.2, 0.25) is 0 Å². The van der Waals surface area contributed by atoms with E-state index in [0.717, 1.165) is 21.6 Å². The summed E-state index contributed by atoms with van der Waals surface area (Å²) in [6.07, 6.45) is 6.08. The fourth-order valence-electron chi connectivity index (χ4n) is 3.05. The fraction of sp³-hybridized carbons (Fsp3) is 0. The molecule has 0 fully saturated rings. The number of fused-ring (bicyclic) bond motifs is 2. The number of nitrogens with zero attached hydrogens (tertiary/aromatic N) is 1. The molecule has 23 heavy (non-hydrogen) atoms. The third-order valence-corrected chi connectivity index (χ3v) is 5.24. The molecule has 110 valence electrons. The van der Waals surface area contributed by atoms with E-state index >= 15 is 0 Å². The average Bonchev–Trinajstić information content (AvgIpc) is 3.31. The maximum Gasteiger partial charge on any atom is 0.126 e. The number of thiazole rings is 1. The molecule has 0 aliphatic carbocycles. The Morgan fingerprint density at radius 3 is 2.09 bits per heavy atom. The van der Waals surface area contributed by atoms with Crippen LogP contribution in [-0.2, 0) is 0 Å². The van der Waals surface area contributed by atoms with Crippen molar-refractivity contribution in [3.05, 3.63) is 67.1 Å². The second-order valence-electron chi connectivity index (χ2n) is 5.53. The van der Waals surface area contributed by atoms with Crippen LogP contribution in [0.25, 0.3) is 42.8 Å². The summed E-state index contributed by atoms with van der Waals surface area (Å²) < 4.78 is 0. The summed E-state index contributed by atoms with van der Waals surface area (Å²) in [7, 11) is 0. The standard InChI is InChI=1S/C19H13N3S/c1-3-7-16-12(5-1)14(9-20-16)18-11-22-19(23-18)15-10-21-17-8-4-2-6-13(15)17/h1-11,20-21H. The monoisotopic (exact) mass is 315 g/mol. The van der Waals surface area contributed by atoms with Crippen molar-refractivity contribution in [1.29, 1.82) is 0 Å². The Labute approximate surface area is 136 Å². The van der Waals surface area contributed by atoms with Gasteiger partial charge in [-0.1, -0.05) is 36.4 Å². The first-order valence-corrected chi connectivity index (χ1v) is 8.30. The number of para-hydroxylation sites is 2. The molecule has 0 bridgehead atoms. The molecular formula is C19H13N3S. The Morgan fingerprint density at radius 2 is 1.35 bits per heavy atom. The molecule has 0 saturated carbocycles. The smallest absolute Gasteiger partial charge is 0.126 e. The summed E-state index contributed by atoms with van der Waals surface area (Å²) in [5.41, 5.74) is 4.68. The molecule has 0 unspecified atom stereocenters. The molecular weight excluding hydrogens is 302 g/mol. The molecule has 2 N–H and O–H groups in total. The van der Waals surface area contributed by atoms with Crippen molar-refractivity contribution >= 4 is 33.1 Å². The van der Waals surface area contributed by atoms with Crippen LogP contribution < -0.4 is 0 Å². The molecule has 0 radical (unpaired) electrons. The average molecular weight is 315 g/mol. The number of rotatable bonds is 2. The van der Waals surface area contributed by atoms with Crippen LogP contribution in [0.3, 0.4) is 0 Å². The fourth-order valence-corrected chi connectivity index (χ4v) is 4.02. The molecule has 3 heterocycles. The van der Waals surface area contributed by atoms with Crippen molar-refractivity contribution in [2.45, 2.75) is 0 Å². The van der Waals surface area contributed by atoms with Crippen LogP contribution in [0.15, 0.2) is 67.1 Å². The zero-order valence-corrected chi connectivity index (χ0v) is 13.0.